The molecule has 1 aliphatic carbocycles. The number of carbonyl (C=O) groups is 1. The molecule has 6 heteroatoms. The van der Waals surface area contributed by atoms with Gasteiger partial charge in [-0.2, -0.15) is 0 Å². The van der Waals surface area contributed by atoms with Crippen LogP contribution >= 0.6 is 0 Å². The zero-order valence-electron chi connectivity index (χ0n) is 15.3. The van der Waals surface area contributed by atoms with Crippen molar-refractivity contribution >= 4 is 5.91 Å². The van der Waals surface area contributed by atoms with Crippen LogP contribution in [0.1, 0.15) is 51.0 Å². The third-order valence-corrected chi connectivity index (χ3v) is 4.86. The molecule has 0 unspecified atom stereocenters. The van der Waals surface area contributed by atoms with Crippen LogP contribution in [0.5, 0.6) is 11.5 Å². The highest BCUT2D eigenvalue weighted by molar-refractivity contribution is 5.95. The van der Waals surface area contributed by atoms with Crippen LogP contribution in [0.15, 0.2) is 12.3 Å². The second-order valence-electron chi connectivity index (χ2n) is 7.88. The van der Waals surface area contributed by atoms with Crippen molar-refractivity contribution in [2.75, 3.05) is 14.2 Å². The summed E-state index contributed by atoms with van der Waals surface area (Å²) in [5.41, 5.74) is -0.157. The molecule has 0 aromatic carbocycles. The van der Waals surface area contributed by atoms with Gasteiger partial charge in [0.25, 0.3) is 5.91 Å². The summed E-state index contributed by atoms with van der Waals surface area (Å²) in [6.07, 6.45) is 3.15. The number of ether oxygens (including phenoxy) is 2. The van der Waals surface area contributed by atoms with Gasteiger partial charge in [-0.05, 0) is 23.7 Å². The van der Waals surface area contributed by atoms with E-state index < -0.39 is 0 Å². The average Bonchev–Trinajstić information content (AvgIpc) is 2.45. The van der Waals surface area contributed by atoms with Gasteiger partial charge in [-0.1, -0.05) is 27.7 Å². The van der Waals surface area contributed by atoms with Crippen molar-refractivity contribution in [3.63, 3.8) is 0 Å². The highest BCUT2D eigenvalue weighted by atomic mass is 16.5. The van der Waals surface area contributed by atoms with E-state index in [1.807, 2.05) is 0 Å². The van der Waals surface area contributed by atoms with Crippen molar-refractivity contribution in [1.82, 2.24) is 10.3 Å². The molecule has 1 aromatic heterocycles. The fourth-order valence-electron chi connectivity index (χ4n) is 4.38. The quantitative estimate of drug-likeness (QED) is 0.884. The highest BCUT2D eigenvalue weighted by Crippen LogP contribution is 2.47. The Kier molecular flexibility index (Phi) is 5.08. The number of nitrogens with zero attached hydrogens (tertiary/aromatic N) is 1. The number of rotatable bonds is 4. The Balaban J connectivity index is 2.18. The van der Waals surface area contributed by atoms with Gasteiger partial charge in [0.2, 0.25) is 0 Å². The summed E-state index contributed by atoms with van der Waals surface area (Å²) in [6, 6.07) is 1.50. The molecule has 0 aliphatic heterocycles. The first-order chi connectivity index (χ1) is 11.1. The first-order valence-electron chi connectivity index (χ1n) is 8.18. The molecular weight excluding hydrogens is 308 g/mol. The first kappa shape index (κ1) is 18.5. The van der Waals surface area contributed by atoms with Crippen molar-refractivity contribution < 1.29 is 19.4 Å². The van der Waals surface area contributed by atoms with E-state index >= 15 is 0 Å². The van der Waals surface area contributed by atoms with E-state index in [1.165, 1.54) is 19.4 Å². The monoisotopic (exact) mass is 336 g/mol. The maximum absolute atomic E-state index is 12.6. The molecule has 1 aliphatic rings. The number of carbonyl (C=O) groups excluding carboxylic acids is 1. The standard InChI is InChI=1S/C18H28N2O4/c1-17(2)9-11(10-18(3,4)16(17)24-6)20-15(22)13-14(21)12(23-5)7-8-19-13/h7-8,11,16,21H,9-10H2,1-6H3,(H,20,22). The van der Waals surface area contributed by atoms with E-state index in [0.717, 1.165) is 12.8 Å². The number of methoxy groups -OCH3 is 2. The fraction of sp³-hybridized carbons (Fsp3) is 0.667. The van der Waals surface area contributed by atoms with E-state index in [4.69, 9.17) is 9.47 Å². The number of hydrogen-bond donors (Lipinski definition) is 2. The third-order valence-electron chi connectivity index (χ3n) is 4.86. The summed E-state index contributed by atoms with van der Waals surface area (Å²) in [6.45, 7) is 8.62. The van der Waals surface area contributed by atoms with Crippen molar-refractivity contribution in [3.8, 4) is 11.5 Å². The van der Waals surface area contributed by atoms with E-state index in [-0.39, 0.29) is 46.1 Å². The lowest BCUT2D eigenvalue weighted by Crippen LogP contribution is -2.55. The van der Waals surface area contributed by atoms with Crippen molar-refractivity contribution in [2.24, 2.45) is 10.8 Å². The van der Waals surface area contributed by atoms with Gasteiger partial charge in [0.15, 0.2) is 17.2 Å². The van der Waals surface area contributed by atoms with Gasteiger partial charge in [0, 0.05) is 25.4 Å². The van der Waals surface area contributed by atoms with E-state index in [0.29, 0.717) is 0 Å². The SMILES string of the molecule is COc1ccnc(C(=O)NC2CC(C)(C)C(OC)C(C)(C)C2)c1O. The maximum atomic E-state index is 12.6. The molecule has 0 saturated heterocycles. The predicted molar refractivity (Wildman–Crippen MR) is 91.3 cm³/mol. The van der Waals surface area contributed by atoms with Crippen LogP contribution in [0.3, 0.4) is 0 Å². The lowest BCUT2D eigenvalue weighted by atomic mass is 9.61. The minimum atomic E-state index is -0.390. The Labute approximate surface area is 143 Å². The van der Waals surface area contributed by atoms with Crippen LogP contribution in [-0.2, 0) is 4.74 Å². The Morgan fingerprint density at radius 1 is 1.25 bits per heavy atom. The zero-order chi connectivity index (χ0) is 18.1. The molecule has 2 rings (SSSR count). The summed E-state index contributed by atoms with van der Waals surface area (Å²) in [7, 11) is 3.18. The van der Waals surface area contributed by atoms with Gasteiger partial charge in [-0.3, -0.25) is 4.79 Å². The molecule has 1 heterocycles. The minimum absolute atomic E-state index is 0.0127. The molecule has 24 heavy (non-hydrogen) atoms. The van der Waals surface area contributed by atoms with Crippen LogP contribution in [-0.4, -0.2) is 42.4 Å². The van der Waals surface area contributed by atoms with Gasteiger partial charge in [0.05, 0.1) is 13.2 Å². The molecule has 2 N–H and O–H groups in total. The molecule has 0 radical (unpaired) electrons. The molecule has 1 fully saturated rings. The largest absolute Gasteiger partial charge is 0.503 e. The molecule has 0 atom stereocenters. The van der Waals surface area contributed by atoms with Crippen LogP contribution in [0.2, 0.25) is 0 Å². The lowest BCUT2D eigenvalue weighted by Gasteiger charge is -2.51. The normalized spacial score (nSPS) is 25.1. The molecule has 0 spiro atoms. The molecular formula is C18H28N2O4. The van der Waals surface area contributed by atoms with Gasteiger partial charge in [-0.25, -0.2) is 4.98 Å². The van der Waals surface area contributed by atoms with Crippen LogP contribution in [0.4, 0.5) is 0 Å². The summed E-state index contributed by atoms with van der Waals surface area (Å²) in [5, 5.41) is 13.1. The maximum Gasteiger partial charge on any atom is 0.274 e. The lowest BCUT2D eigenvalue weighted by molar-refractivity contribution is -0.108. The number of hydrogen-bond acceptors (Lipinski definition) is 5. The third kappa shape index (κ3) is 3.48. The van der Waals surface area contributed by atoms with Crippen molar-refractivity contribution in [1.29, 1.82) is 0 Å². The Hall–Kier alpha value is -1.82. The second kappa shape index (κ2) is 6.59. The average molecular weight is 336 g/mol. The summed E-state index contributed by atoms with van der Waals surface area (Å²) in [5.74, 6) is -0.389. The molecule has 1 aromatic rings. The zero-order valence-corrected chi connectivity index (χ0v) is 15.3. The highest BCUT2D eigenvalue weighted by Gasteiger charge is 2.48. The van der Waals surface area contributed by atoms with Gasteiger partial charge < -0.3 is 19.9 Å². The molecule has 134 valence electrons. The first-order valence-corrected chi connectivity index (χ1v) is 8.18. The summed E-state index contributed by atoms with van der Waals surface area (Å²) < 4.78 is 10.8. The van der Waals surface area contributed by atoms with Gasteiger partial charge in [0.1, 0.15) is 0 Å². The smallest absolute Gasteiger partial charge is 0.274 e. The number of aromatic hydroxyl groups is 1. The van der Waals surface area contributed by atoms with Crippen molar-refractivity contribution in [2.45, 2.75) is 52.7 Å². The topological polar surface area (TPSA) is 80.7 Å². The number of pyridine rings is 1. The summed E-state index contributed by atoms with van der Waals surface area (Å²) >= 11 is 0. The van der Waals surface area contributed by atoms with Crippen LogP contribution < -0.4 is 10.1 Å². The molecule has 6 nitrogen and oxygen atoms in total. The molecule has 1 saturated carbocycles. The number of amides is 1. The Morgan fingerprint density at radius 3 is 2.33 bits per heavy atom. The number of aromatic nitrogens is 1. The minimum Gasteiger partial charge on any atom is -0.503 e. The Bertz CT molecular complexity index is 595. The van der Waals surface area contributed by atoms with Crippen molar-refractivity contribution in [3.05, 3.63) is 18.0 Å². The molecule has 1 amide bonds. The Morgan fingerprint density at radius 2 is 1.83 bits per heavy atom. The summed E-state index contributed by atoms with van der Waals surface area (Å²) in [4.78, 5) is 16.5. The predicted octanol–water partition coefficient (Wildman–Crippen LogP) is 2.76. The van der Waals surface area contributed by atoms with Crippen LogP contribution in [0, 0.1) is 10.8 Å². The molecule has 0 bridgehead atoms. The van der Waals surface area contributed by atoms with E-state index in [2.05, 4.69) is 38.0 Å². The van der Waals surface area contributed by atoms with E-state index in [9.17, 15) is 9.90 Å². The van der Waals surface area contributed by atoms with Crippen LogP contribution in [0.25, 0.3) is 0 Å². The van der Waals surface area contributed by atoms with E-state index in [1.54, 1.807) is 7.11 Å². The van der Waals surface area contributed by atoms with Gasteiger partial charge in [-0.15, -0.1) is 0 Å². The fourth-order valence-corrected chi connectivity index (χ4v) is 4.38. The van der Waals surface area contributed by atoms with Gasteiger partial charge >= 0.3 is 0 Å². The second-order valence-corrected chi connectivity index (χ2v) is 7.88. The number of nitrogens with one attached hydrogen (secondary N) is 1.